The Hall–Kier alpha value is -2.48. The predicted molar refractivity (Wildman–Crippen MR) is 87.7 cm³/mol. The van der Waals surface area contributed by atoms with Crippen molar-refractivity contribution in [3.63, 3.8) is 0 Å². The summed E-state index contributed by atoms with van der Waals surface area (Å²) in [5, 5.41) is 10.6. The van der Waals surface area contributed by atoms with Crippen LogP contribution in [0.1, 0.15) is 19.4 Å². The number of ether oxygens (including phenoxy) is 2. The number of morpholine rings is 1. The molecule has 1 radical (unpaired) electrons. The Morgan fingerprint density at radius 3 is 2.83 bits per heavy atom. The maximum atomic E-state index is 11.8. The fourth-order valence-corrected chi connectivity index (χ4v) is 2.27. The lowest BCUT2D eigenvalue weighted by Gasteiger charge is -2.33. The van der Waals surface area contributed by atoms with Crippen LogP contribution in [0, 0.1) is 16.5 Å². The van der Waals surface area contributed by atoms with Crippen molar-refractivity contribution in [2.75, 3.05) is 19.7 Å². The maximum Gasteiger partial charge on any atom is 0.435 e. The first-order chi connectivity index (χ1) is 11.5. The average Bonchev–Trinajstić information content (AvgIpc) is 2.60. The SMILES string of the molecule is C[CH]C1CN(C(C)=NC(=O)OCc2ccc([N+](=O)[O-])cc2)CCO1. The fourth-order valence-electron chi connectivity index (χ4n) is 2.27. The number of nitro groups is 1. The van der Waals surface area contributed by atoms with E-state index < -0.39 is 11.0 Å². The van der Waals surface area contributed by atoms with E-state index in [9.17, 15) is 14.9 Å². The summed E-state index contributed by atoms with van der Waals surface area (Å²) in [5.74, 6) is 0.582. The highest BCUT2D eigenvalue weighted by Crippen LogP contribution is 2.13. The molecule has 1 aromatic rings. The van der Waals surface area contributed by atoms with Crippen LogP contribution >= 0.6 is 0 Å². The van der Waals surface area contributed by atoms with Gasteiger partial charge in [0.1, 0.15) is 12.4 Å². The zero-order valence-corrected chi connectivity index (χ0v) is 13.7. The zero-order valence-electron chi connectivity index (χ0n) is 13.7. The van der Waals surface area contributed by atoms with Crippen LogP contribution in [0.5, 0.6) is 0 Å². The van der Waals surface area contributed by atoms with Gasteiger partial charge in [-0.1, -0.05) is 6.92 Å². The molecule has 8 nitrogen and oxygen atoms in total. The minimum atomic E-state index is -0.686. The summed E-state index contributed by atoms with van der Waals surface area (Å²) in [5.41, 5.74) is 0.655. The Morgan fingerprint density at radius 1 is 1.50 bits per heavy atom. The number of amides is 1. The first kappa shape index (κ1) is 17.9. The minimum Gasteiger partial charge on any atom is -0.443 e. The molecule has 0 aromatic heterocycles. The number of benzene rings is 1. The molecule has 0 saturated carbocycles. The Morgan fingerprint density at radius 2 is 2.21 bits per heavy atom. The van der Waals surface area contributed by atoms with Crippen LogP contribution in [0.2, 0.25) is 0 Å². The number of rotatable bonds is 4. The summed E-state index contributed by atoms with van der Waals surface area (Å²) < 4.78 is 10.6. The monoisotopic (exact) mass is 334 g/mol. The van der Waals surface area contributed by atoms with Crippen LogP contribution in [0.3, 0.4) is 0 Å². The molecule has 1 aromatic carbocycles. The third-order valence-electron chi connectivity index (χ3n) is 3.69. The molecule has 1 aliphatic rings. The number of non-ortho nitro benzene ring substituents is 1. The van der Waals surface area contributed by atoms with Crippen LogP contribution < -0.4 is 0 Å². The molecule has 8 heteroatoms. The highest BCUT2D eigenvalue weighted by Gasteiger charge is 2.20. The molecule has 1 fully saturated rings. The van der Waals surface area contributed by atoms with Crippen LogP contribution in [-0.2, 0) is 16.1 Å². The number of amidine groups is 1. The van der Waals surface area contributed by atoms with Crippen LogP contribution in [0.25, 0.3) is 0 Å². The molecule has 129 valence electrons. The maximum absolute atomic E-state index is 11.8. The van der Waals surface area contributed by atoms with Crippen molar-refractivity contribution in [1.82, 2.24) is 4.90 Å². The number of aliphatic imine (C=N–C) groups is 1. The summed E-state index contributed by atoms with van der Waals surface area (Å²) in [7, 11) is 0. The van der Waals surface area contributed by atoms with Gasteiger partial charge in [0.25, 0.3) is 5.69 Å². The van der Waals surface area contributed by atoms with E-state index in [1.807, 2.05) is 18.2 Å². The quantitative estimate of drug-likeness (QED) is 0.363. The van der Waals surface area contributed by atoms with Gasteiger partial charge in [-0.25, -0.2) is 4.79 Å². The van der Waals surface area contributed by atoms with Crippen molar-refractivity contribution in [3.05, 3.63) is 46.4 Å². The average molecular weight is 334 g/mol. The van der Waals surface area contributed by atoms with E-state index in [1.54, 1.807) is 19.1 Å². The molecule has 1 atom stereocenters. The third kappa shape index (κ3) is 5.02. The van der Waals surface area contributed by atoms with Gasteiger partial charge in [0, 0.05) is 25.2 Å². The molecule has 0 spiro atoms. The van der Waals surface area contributed by atoms with Gasteiger partial charge in [0.2, 0.25) is 0 Å². The number of nitrogens with zero attached hydrogens (tertiary/aromatic N) is 3. The normalized spacial score (nSPS) is 18.3. The molecule has 1 saturated heterocycles. The van der Waals surface area contributed by atoms with E-state index in [2.05, 4.69) is 4.99 Å². The molecule has 1 heterocycles. The summed E-state index contributed by atoms with van der Waals surface area (Å²) in [6.45, 7) is 5.61. The molecule has 0 aliphatic carbocycles. The van der Waals surface area contributed by atoms with Gasteiger partial charge < -0.3 is 14.4 Å². The molecule has 0 N–H and O–H groups in total. The van der Waals surface area contributed by atoms with Crippen LogP contribution in [-0.4, -0.2) is 47.6 Å². The number of hydrogen-bond acceptors (Lipinski definition) is 5. The van der Waals surface area contributed by atoms with E-state index in [0.717, 1.165) is 0 Å². The lowest BCUT2D eigenvalue weighted by atomic mass is 10.2. The molecule has 0 bridgehead atoms. The number of nitro benzene ring substituents is 1. The zero-order chi connectivity index (χ0) is 17.5. The first-order valence-corrected chi connectivity index (χ1v) is 7.61. The lowest BCUT2D eigenvalue weighted by molar-refractivity contribution is -0.384. The predicted octanol–water partition coefficient (Wildman–Crippen LogP) is 2.57. The van der Waals surface area contributed by atoms with E-state index in [1.165, 1.54) is 12.1 Å². The minimum absolute atomic E-state index is 0.00598. The second kappa shape index (κ2) is 8.39. The Kier molecular flexibility index (Phi) is 6.25. The van der Waals surface area contributed by atoms with Crippen molar-refractivity contribution in [2.45, 2.75) is 26.6 Å². The summed E-state index contributed by atoms with van der Waals surface area (Å²) in [6, 6.07) is 5.83. The molecular weight excluding hydrogens is 314 g/mol. The number of hydrogen-bond donors (Lipinski definition) is 0. The van der Waals surface area contributed by atoms with Gasteiger partial charge in [-0.3, -0.25) is 10.1 Å². The van der Waals surface area contributed by atoms with Crippen molar-refractivity contribution in [2.24, 2.45) is 4.99 Å². The van der Waals surface area contributed by atoms with Gasteiger partial charge >= 0.3 is 6.09 Å². The van der Waals surface area contributed by atoms with Gasteiger partial charge in [0.15, 0.2) is 0 Å². The lowest BCUT2D eigenvalue weighted by Crippen LogP contribution is -2.44. The second-order valence-electron chi connectivity index (χ2n) is 5.33. The van der Waals surface area contributed by atoms with E-state index >= 15 is 0 Å². The van der Waals surface area contributed by atoms with E-state index in [0.29, 0.717) is 31.1 Å². The van der Waals surface area contributed by atoms with Gasteiger partial charge in [-0.05, 0) is 31.0 Å². The van der Waals surface area contributed by atoms with Crippen molar-refractivity contribution in [1.29, 1.82) is 0 Å². The summed E-state index contributed by atoms with van der Waals surface area (Å²) >= 11 is 0. The molecule has 1 unspecified atom stereocenters. The van der Waals surface area contributed by atoms with Crippen LogP contribution in [0.15, 0.2) is 29.3 Å². The van der Waals surface area contributed by atoms with E-state index in [-0.39, 0.29) is 18.4 Å². The van der Waals surface area contributed by atoms with Crippen molar-refractivity contribution in [3.8, 4) is 0 Å². The Balaban J connectivity index is 1.86. The first-order valence-electron chi connectivity index (χ1n) is 7.61. The highest BCUT2D eigenvalue weighted by atomic mass is 16.6. The van der Waals surface area contributed by atoms with Gasteiger partial charge in [0.05, 0.1) is 17.6 Å². The second-order valence-corrected chi connectivity index (χ2v) is 5.33. The molecule has 24 heavy (non-hydrogen) atoms. The van der Waals surface area contributed by atoms with E-state index in [4.69, 9.17) is 9.47 Å². The smallest absolute Gasteiger partial charge is 0.435 e. The van der Waals surface area contributed by atoms with Gasteiger partial charge in [-0.2, -0.15) is 4.99 Å². The summed E-state index contributed by atoms with van der Waals surface area (Å²) in [6.07, 6.45) is 1.31. The van der Waals surface area contributed by atoms with Crippen molar-refractivity contribution < 1.29 is 19.2 Å². The standard InChI is InChI=1S/C16H20N3O5/c1-3-15-10-18(8-9-23-15)12(2)17-16(20)24-11-13-4-6-14(7-5-13)19(21)22/h3-7,15H,8-11H2,1-2H3. The van der Waals surface area contributed by atoms with Crippen molar-refractivity contribution >= 4 is 17.6 Å². The topological polar surface area (TPSA) is 94.3 Å². The van der Waals surface area contributed by atoms with Gasteiger partial charge in [-0.15, -0.1) is 0 Å². The largest absolute Gasteiger partial charge is 0.443 e. The molecular formula is C16H20N3O5. The fraction of sp³-hybridized carbons (Fsp3) is 0.438. The number of carbonyl (C=O) groups is 1. The molecule has 1 amide bonds. The molecule has 2 rings (SSSR count). The highest BCUT2D eigenvalue weighted by molar-refractivity contribution is 5.90. The number of carbonyl (C=O) groups excluding carboxylic acids is 1. The molecule has 1 aliphatic heterocycles. The Bertz CT molecular complexity index is 615. The Labute approximate surface area is 140 Å². The third-order valence-corrected chi connectivity index (χ3v) is 3.69. The van der Waals surface area contributed by atoms with Crippen LogP contribution in [0.4, 0.5) is 10.5 Å². The summed E-state index contributed by atoms with van der Waals surface area (Å²) in [4.78, 5) is 27.8.